The van der Waals surface area contributed by atoms with Gasteiger partial charge in [-0.1, -0.05) is 35.9 Å². The van der Waals surface area contributed by atoms with E-state index in [1.807, 2.05) is 18.2 Å². The normalized spacial score (nSPS) is 15.2. The van der Waals surface area contributed by atoms with E-state index in [0.29, 0.717) is 0 Å². The Labute approximate surface area is 122 Å². The molecule has 0 spiro atoms. The number of rotatable bonds is 5. The highest BCUT2D eigenvalue weighted by atomic mass is 35.5. The van der Waals surface area contributed by atoms with E-state index < -0.39 is 0 Å². The second-order valence-electron chi connectivity index (χ2n) is 4.77. The van der Waals surface area contributed by atoms with Crippen molar-refractivity contribution in [1.82, 2.24) is 5.32 Å². The lowest BCUT2D eigenvalue weighted by molar-refractivity contribution is 0.754. The van der Waals surface area contributed by atoms with Gasteiger partial charge in [-0.05, 0) is 37.1 Å². The topological polar surface area (TPSA) is 12.0 Å². The first-order chi connectivity index (χ1) is 9.33. The van der Waals surface area contributed by atoms with E-state index in [9.17, 15) is 0 Å². The fourth-order valence-electron chi connectivity index (χ4n) is 1.95. The van der Waals surface area contributed by atoms with Gasteiger partial charge >= 0.3 is 0 Å². The van der Waals surface area contributed by atoms with Gasteiger partial charge in [0.15, 0.2) is 0 Å². The predicted molar refractivity (Wildman–Crippen MR) is 84.8 cm³/mol. The van der Waals surface area contributed by atoms with Crippen LogP contribution < -0.4 is 5.32 Å². The largest absolute Gasteiger partial charge is 0.311 e. The van der Waals surface area contributed by atoms with Crippen molar-refractivity contribution in [1.29, 1.82) is 0 Å². The van der Waals surface area contributed by atoms with E-state index in [0.717, 1.165) is 23.2 Å². The summed E-state index contributed by atoms with van der Waals surface area (Å²) < 4.78 is 0. The summed E-state index contributed by atoms with van der Waals surface area (Å²) in [5.41, 5.74) is 1.12. The molecule has 0 amide bonds. The first-order valence-corrected chi connectivity index (χ1v) is 7.77. The molecule has 3 heteroatoms. The van der Waals surface area contributed by atoms with Crippen LogP contribution in [0.1, 0.15) is 17.7 Å². The third-order valence-electron chi connectivity index (χ3n) is 3.15. The summed E-state index contributed by atoms with van der Waals surface area (Å²) in [6.07, 6.45) is 7.05. The summed E-state index contributed by atoms with van der Waals surface area (Å²) in [5.74, 6) is 0. The number of benzene rings is 1. The van der Waals surface area contributed by atoms with Crippen LogP contribution in [0, 0.1) is 0 Å². The van der Waals surface area contributed by atoms with Gasteiger partial charge in [0, 0.05) is 32.9 Å². The Bertz CT molecular complexity index is 584. The lowest BCUT2D eigenvalue weighted by atomic mass is 10.2. The average molecular weight is 290 g/mol. The van der Waals surface area contributed by atoms with Crippen molar-refractivity contribution in [3.8, 4) is 10.4 Å². The zero-order valence-corrected chi connectivity index (χ0v) is 12.2. The molecule has 98 valence electrons. The summed E-state index contributed by atoms with van der Waals surface area (Å²) in [4.78, 5) is 2.49. The molecule has 0 saturated heterocycles. The summed E-state index contributed by atoms with van der Waals surface area (Å²) in [6, 6.07) is 13.0. The maximum absolute atomic E-state index is 6.22. The molecule has 2 aromatic rings. The summed E-state index contributed by atoms with van der Waals surface area (Å²) in [5, 5.41) is 4.29. The highest BCUT2D eigenvalue weighted by molar-refractivity contribution is 7.16. The van der Waals surface area contributed by atoms with Crippen LogP contribution in [0.3, 0.4) is 0 Å². The monoisotopic (exact) mass is 289 g/mol. The lowest BCUT2D eigenvalue weighted by Crippen LogP contribution is -2.15. The SMILES string of the molecule is Clc1ccccc1-c1ccc(C=CCNC2CC2)s1. The van der Waals surface area contributed by atoms with Crippen molar-refractivity contribution in [2.75, 3.05) is 6.54 Å². The Balaban J connectivity index is 1.67. The standard InChI is InChI=1S/C16H16ClNS/c17-15-6-2-1-5-14(15)16-10-9-13(19-16)4-3-11-18-12-7-8-12/h1-6,9-10,12,18H,7-8,11H2. The van der Waals surface area contributed by atoms with Gasteiger partial charge in [-0.15, -0.1) is 11.3 Å². The second kappa shape index (κ2) is 5.91. The minimum atomic E-state index is 0.770. The molecule has 1 nitrogen and oxygen atoms in total. The third-order valence-corrected chi connectivity index (χ3v) is 4.56. The van der Waals surface area contributed by atoms with E-state index in [1.54, 1.807) is 11.3 Å². The Kier molecular flexibility index (Phi) is 4.02. The molecule has 0 aliphatic heterocycles. The smallest absolute Gasteiger partial charge is 0.0492 e. The molecular weight excluding hydrogens is 274 g/mol. The van der Waals surface area contributed by atoms with Crippen LogP contribution >= 0.6 is 22.9 Å². The van der Waals surface area contributed by atoms with Crippen LogP contribution in [0.4, 0.5) is 0 Å². The zero-order chi connectivity index (χ0) is 13.1. The molecule has 1 aliphatic carbocycles. The minimum Gasteiger partial charge on any atom is -0.311 e. The molecule has 0 radical (unpaired) electrons. The first-order valence-electron chi connectivity index (χ1n) is 6.57. The summed E-state index contributed by atoms with van der Waals surface area (Å²) in [7, 11) is 0. The molecule has 3 rings (SSSR count). The maximum atomic E-state index is 6.22. The van der Waals surface area contributed by atoms with Crippen molar-refractivity contribution in [3.05, 3.63) is 52.4 Å². The molecule has 0 unspecified atom stereocenters. The number of hydrogen-bond acceptors (Lipinski definition) is 2. The van der Waals surface area contributed by atoms with Gasteiger partial charge in [0.05, 0.1) is 0 Å². The van der Waals surface area contributed by atoms with Gasteiger partial charge in [-0.2, -0.15) is 0 Å². The molecule has 1 aromatic carbocycles. The molecule has 1 fully saturated rings. The van der Waals surface area contributed by atoms with E-state index in [-0.39, 0.29) is 0 Å². The van der Waals surface area contributed by atoms with Gasteiger partial charge in [-0.3, -0.25) is 0 Å². The molecule has 1 heterocycles. The van der Waals surface area contributed by atoms with Crippen LogP contribution in [-0.4, -0.2) is 12.6 Å². The van der Waals surface area contributed by atoms with Gasteiger partial charge < -0.3 is 5.32 Å². The van der Waals surface area contributed by atoms with Crippen molar-refractivity contribution < 1.29 is 0 Å². The Morgan fingerprint density at radius 2 is 2.05 bits per heavy atom. The second-order valence-corrected chi connectivity index (χ2v) is 6.29. The highest BCUT2D eigenvalue weighted by Gasteiger charge is 2.18. The fourth-order valence-corrected chi connectivity index (χ4v) is 3.22. The number of halogens is 1. The lowest BCUT2D eigenvalue weighted by Gasteiger charge is -1.99. The van der Waals surface area contributed by atoms with Gasteiger partial charge in [0.25, 0.3) is 0 Å². The minimum absolute atomic E-state index is 0.770. The molecule has 1 aliphatic rings. The summed E-state index contributed by atoms with van der Waals surface area (Å²) >= 11 is 7.99. The Morgan fingerprint density at radius 3 is 2.84 bits per heavy atom. The van der Waals surface area contributed by atoms with E-state index >= 15 is 0 Å². The van der Waals surface area contributed by atoms with Gasteiger partial charge in [0.2, 0.25) is 0 Å². The van der Waals surface area contributed by atoms with Crippen LogP contribution in [0.5, 0.6) is 0 Å². The van der Waals surface area contributed by atoms with Crippen LogP contribution in [0.25, 0.3) is 16.5 Å². The fraction of sp³-hybridized carbons (Fsp3) is 0.250. The number of thiophene rings is 1. The van der Waals surface area contributed by atoms with E-state index in [1.165, 1.54) is 22.6 Å². The molecule has 0 atom stereocenters. The average Bonchev–Trinajstić information content (AvgIpc) is 3.13. The van der Waals surface area contributed by atoms with E-state index in [2.05, 4.69) is 35.7 Å². The third kappa shape index (κ3) is 3.47. The molecule has 1 saturated carbocycles. The molecular formula is C16H16ClNS. The first kappa shape index (κ1) is 12.9. The number of hydrogen-bond donors (Lipinski definition) is 1. The number of nitrogens with one attached hydrogen (secondary N) is 1. The Morgan fingerprint density at radius 1 is 1.21 bits per heavy atom. The van der Waals surface area contributed by atoms with Crippen molar-refractivity contribution >= 4 is 29.0 Å². The molecule has 0 bridgehead atoms. The highest BCUT2D eigenvalue weighted by Crippen LogP contribution is 2.33. The van der Waals surface area contributed by atoms with Crippen molar-refractivity contribution in [2.45, 2.75) is 18.9 Å². The van der Waals surface area contributed by atoms with Crippen LogP contribution in [-0.2, 0) is 0 Å². The van der Waals surface area contributed by atoms with Crippen LogP contribution in [0.15, 0.2) is 42.5 Å². The predicted octanol–water partition coefficient (Wildman–Crippen LogP) is 4.83. The molecule has 1 N–H and O–H groups in total. The Hall–Kier alpha value is -1.09. The molecule has 1 aromatic heterocycles. The zero-order valence-electron chi connectivity index (χ0n) is 10.6. The van der Waals surface area contributed by atoms with Crippen molar-refractivity contribution in [3.63, 3.8) is 0 Å². The van der Waals surface area contributed by atoms with Crippen LogP contribution in [0.2, 0.25) is 5.02 Å². The summed E-state index contributed by atoms with van der Waals surface area (Å²) in [6.45, 7) is 0.962. The maximum Gasteiger partial charge on any atom is 0.0492 e. The quantitative estimate of drug-likeness (QED) is 0.831. The van der Waals surface area contributed by atoms with Crippen molar-refractivity contribution in [2.24, 2.45) is 0 Å². The van der Waals surface area contributed by atoms with Gasteiger partial charge in [-0.25, -0.2) is 0 Å². The van der Waals surface area contributed by atoms with Gasteiger partial charge in [0.1, 0.15) is 0 Å². The van der Waals surface area contributed by atoms with E-state index in [4.69, 9.17) is 11.6 Å². The molecule has 19 heavy (non-hydrogen) atoms.